The van der Waals surface area contributed by atoms with Crippen LogP contribution in [-0.2, 0) is 7.05 Å². The third kappa shape index (κ3) is 3.33. The SMILES string of the molecule is COc1cccc2c(=O)n(C)c(-c3ccccc3OCCCCl)nc12. The van der Waals surface area contributed by atoms with Crippen LogP contribution in [0.3, 0.4) is 0 Å². The maximum absolute atomic E-state index is 12.8. The number of benzene rings is 2. The van der Waals surface area contributed by atoms with E-state index in [0.717, 1.165) is 12.0 Å². The second-order valence-electron chi connectivity index (χ2n) is 5.54. The van der Waals surface area contributed by atoms with Crippen molar-refractivity contribution in [2.45, 2.75) is 6.42 Å². The Labute approximate surface area is 150 Å². The number of aromatic nitrogens is 2. The Morgan fingerprint density at radius 1 is 1.12 bits per heavy atom. The van der Waals surface area contributed by atoms with Gasteiger partial charge in [-0.25, -0.2) is 4.98 Å². The van der Waals surface area contributed by atoms with Crippen molar-refractivity contribution in [3.8, 4) is 22.9 Å². The molecule has 0 aliphatic heterocycles. The van der Waals surface area contributed by atoms with Crippen LogP contribution in [0.4, 0.5) is 0 Å². The molecule has 2 aromatic carbocycles. The molecule has 1 heterocycles. The highest BCUT2D eigenvalue weighted by molar-refractivity contribution is 6.17. The van der Waals surface area contributed by atoms with Gasteiger partial charge in [-0.2, -0.15) is 0 Å². The molecule has 0 saturated carbocycles. The van der Waals surface area contributed by atoms with Crippen LogP contribution >= 0.6 is 11.6 Å². The molecule has 0 fully saturated rings. The lowest BCUT2D eigenvalue weighted by Crippen LogP contribution is -2.20. The maximum atomic E-state index is 12.8. The maximum Gasteiger partial charge on any atom is 0.261 e. The number of nitrogens with zero attached hydrogens (tertiary/aromatic N) is 2. The van der Waals surface area contributed by atoms with Crippen molar-refractivity contribution >= 4 is 22.5 Å². The minimum absolute atomic E-state index is 0.130. The second-order valence-corrected chi connectivity index (χ2v) is 5.92. The first-order valence-corrected chi connectivity index (χ1v) is 8.52. The van der Waals surface area contributed by atoms with Gasteiger partial charge in [0.1, 0.15) is 22.8 Å². The van der Waals surface area contributed by atoms with Gasteiger partial charge in [0.25, 0.3) is 5.56 Å². The van der Waals surface area contributed by atoms with Crippen LogP contribution in [0.2, 0.25) is 0 Å². The second kappa shape index (κ2) is 7.57. The zero-order valence-corrected chi connectivity index (χ0v) is 14.9. The van der Waals surface area contributed by atoms with Crippen molar-refractivity contribution in [3.05, 3.63) is 52.8 Å². The van der Waals surface area contributed by atoms with Crippen LogP contribution in [0.25, 0.3) is 22.3 Å². The molecule has 3 rings (SSSR count). The zero-order chi connectivity index (χ0) is 17.8. The van der Waals surface area contributed by atoms with Crippen LogP contribution in [-0.4, -0.2) is 29.1 Å². The first kappa shape index (κ1) is 17.3. The minimum Gasteiger partial charge on any atom is -0.494 e. The third-order valence-corrected chi connectivity index (χ3v) is 4.22. The van der Waals surface area contributed by atoms with E-state index in [1.807, 2.05) is 24.3 Å². The topological polar surface area (TPSA) is 53.4 Å². The number of fused-ring (bicyclic) bond motifs is 1. The van der Waals surface area contributed by atoms with E-state index in [1.165, 1.54) is 4.57 Å². The fraction of sp³-hybridized carbons (Fsp3) is 0.263. The van der Waals surface area contributed by atoms with Crippen LogP contribution < -0.4 is 15.0 Å². The largest absolute Gasteiger partial charge is 0.494 e. The van der Waals surface area contributed by atoms with E-state index in [0.29, 0.717) is 40.7 Å². The number of hydrogen-bond donors (Lipinski definition) is 0. The van der Waals surface area contributed by atoms with Gasteiger partial charge in [0.15, 0.2) is 0 Å². The summed E-state index contributed by atoms with van der Waals surface area (Å²) in [6.07, 6.45) is 0.744. The number of halogens is 1. The minimum atomic E-state index is -0.130. The predicted octanol–water partition coefficient (Wildman–Crippen LogP) is 3.62. The molecule has 1 aromatic heterocycles. The first-order valence-electron chi connectivity index (χ1n) is 7.99. The molecule has 5 nitrogen and oxygen atoms in total. The van der Waals surface area contributed by atoms with Gasteiger partial charge < -0.3 is 9.47 Å². The van der Waals surface area contributed by atoms with Gasteiger partial charge in [0.2, 0.25) is 0 Å². The summed E-state index contributed by atoms with van der Waals surface area (Å²) in [7, 11) is 3.27. The lowest BCUT2D eigenvalue weighted by Gasteiger charge is -2.14. The van der Waals surface area contributed by atoms with Crippen LogP contribution in [0.15, 0.2) is 47.3 Å². The first-order chi connectivity index (χ1) is 12.2. The number of alkyl halides is 1. The number of methoxy groups -OCH3 is 1. The van der Waals surface area contributed by atoms with Gasteiger partial charge in [-0.1, -0.05) is 18.2 Å². The fourth-order valence-corrected chi connectivity index (χ4v) is 2.80. The molecule has 0 bridgehead atoms. The molecular weight excluding hydrogens is 340 g/mol. The molecule has 0 radical (unpaired) electrons. The molecule has 0 amide bonds. The van der Waals surface area contributed by atoms with E-state index in [1.54, 1.807) is 32.4 Å². The van der Waals surface area contributed by atoms with Crippen LogP contribution in [0.5, 0.6) is 11.5 Å². The van der Waals surface area contributed by atoms with E-state index < -0.39 is 0 Å². The highest BCUT2D eigenvalue weighted by atomic mass is 35.5. The molecule has 0 saturated heterocycles. The molecule has 0 atom stereocenters. The molecule has 0 aliphatic rings. The lowest BCUT2D eigenvalue weighted by atomic mass is 10.1. The summed E-state index contributed by atoms with van der Waals surface area (Å²) in [5.74, 6) is 2.30. The molecule has 0 aliphatic carbocycles. The highest BCUT2D eigenvalue weighted by Gasteiger charge is 2.16. The van der Waals surface area contributed by atoms with Crippen molar-refractivity contribution in [1.29, 1.82) is 0 Å². The Hall–Kier alpha value is -2.53. The van der Waals surface area contributed by atoms with Crippen LogP contribution in [0.1, 0.15) is 6.42 Å². The number of ether oxygens (including phenoxy) is 2. The summed E-state index contributed by atoms with van der Waals surface area (Å²) in [6.45, 7) is 0.505. The molecule has 0 N–H and O–H groups in total. The lowest BCUT2D eigenvalue weighted by molar-refractivity contribution is 0.319. The van der Waals surface area contributed by atoms with Crippen LogP contribution in [0, 0.1) is 0 Å². The summed E-state index contributed by atoms with van der Waals surface area (Å²) in [4.78, 5) is 17.5. The molecule has 3 aromatic rings. The highest BCUT2D eigenvalue weighted by Crippen LogP contribution is 2.30. The van der Waals surface area contributed by atoms with E-state index in [4.69, 9.17) is 26.1 Å². The van der Waals surface area contributed by atoms with E-state index in [9.17, 15) is 4.79 Å². The predicted molar refractivity (Wildman–Crippen MR) is 99.8 cm³/mol. The summed E-state index contributed by atoms with van der Waals surface area (Å²) >= 11 is 5.72. The smallest absolute Gasteiger partial charge is 0.261 e. The summed E-state index contributed by atoms with van der Waals surface area (Å²) in [5, 5.41) is 0.520. The molecule has 0 spiro atoms. The third-order valence-electron chi connectivity index (χ3n) is 3.95. The Balaban J connectivity index is 2.20. The zero-order valence-electron chi connectivity index (χ0n) is 14.2. The van der Waals surface area contributed by atoms with E-state index in [2.05, 4.69) is 0 Å². The van der Waals surface area contributed by atoms with Gasteiger partial charge in [-0.15, -0.1) is 11.6 Å². The summed E-state index contributed by atoms with van der Waals surface area (Å²) in [6, 6.07) is 12.9. The molecule has 130 valence electrons. The number of rotatable bonds is 6. The Bertz CT molecular complexity index is 953. The van der Waals surface area contributed by atoms with Crippen molar-refractivity contribution in [1.82, 2.24) is 9.55 Å². The Kier molecular flexibility index (Phi) is 5.24. The average Bonchev–Trinajstić information content (AvgIpc) is 2.65. The normalized spacial score (nSPS) is 10.8. The van der Waals surface area contributed by atoms with Crippen molar-refractivity contribution in [2.75, 3.05) is 19.6 Å². The molecular formula is C19H19ClN2O3. The van der Waals surface area contributed by atoms with Crippen molar-refractivity contribution in [3.63, 3.8) is 0 Å². The summed E-state index contributed by atoms with van der Waals surface area (Å²) < 4.78 is 12.7. The van der Waals surface area contributed by atoms with Gasteiger partial charge in [0.05, 0.1) is 24.7 Å². The van der Waals surface area contributed by atoms with Crippen molar-refractivity contribution in [2.24, 2.45) is 7.05 Å². The van der Waals surface area contributed by atoms with E-state index in [-0.39, 0.29) is 5.56 Å². The molecule has 6 heteroatoms. The Morgan fingerprint density at radius 3 is 2.64 bits per heavy atom. The number of hydrogen-bond acceptors (Lipinski definition) is 4. The van der Waals surface area contributed by atoms with Crippen molar-refractivity contribution < 1.29 is 9.47 Å². The van der Waals surface area contributed by atoms with Gasteiger partial charge >= 0.3 is 0 Å². The van der Waals surface area contributed by atoms with Gasteiger partial charge in [0, 0.05) is 12.9 Å². The number of para-hydroxylation sites is 2. The standard InChI is InChI=1S/C19H19ClN2O3/c1-22-18(13-7-3-4-9-15(13)25-12-6-11-20)21-17-14(19(22)23)8-5-10-16(17)24-2/h3-5,7-10H,6,11-12H2,1-2H3. The van der Waals surface area contributed by atoms with E-state index >= 15 is 0 Å². The molecule has 25 heavy (non-hydrogen) atoms. The monoisotopic (exact) mass is 358 g/mol. The molecule has 0 unspecified atom stereocenters. The quantitative estimate of drug-likeness (QED) is 0.499. The fourth-order valence-electron chi connectivity index (χ4n) is 2.69. The van der Waals surface area contributed by atoms with Gasteiger partial charge in [-0.05, 0) is 30.7 Å². The summed E-state index contributed by atoms with van der Waals surface area (Å²) in [5.41, 5.74) is 1.16. The van der Waals surface area contributed by atoms with Gasteiger partial charge in [-0.3, -0.25) is 9.36 Å². The Morgan fingerprint density at radius 2 is 1.88 bits per heavy atom. The average molecular weight is 359 g/mol.